The fourth-order valence-corrected chi connectivity index (χ4v) is 0.724. The van der Waals surface area contributed by atoms with Crippen molar-refractivity contribution in [2.45, 2.75) is 33.1 Å². The van der Waals surface area contributed by atoms with Gasteiger partial charge in [-0.05, 0) is 24.5 Å². The van der Waals surface area contributed by atoms with E-state index >= 15 is 0 Å². The molecule has 0 amide bonds. The van der Waals surface area contributed by atoms with E-state index in [9.17, 15) is 17.6 Å². The molecule has 0 radical (unpaired) electrons. The number of aliphatic imine (C=N–C) groups is 1. The van der Waals surface area contributed by atoms with Gasteiger partial charge in [-0.2, -0.15) is 8.78 Å². The maximum Gasteiger partial charge on any atom is 0.340 e. The normalized spacial score (nSPS) is 13.7. The van der Waals surface area contributed by atoms with Gasteiger partial charge in [0.2, 0.25) is 5.88 Å². The van der Waals surface area contributed by atoms with Crippen LogP contribution in [0.15, 0.2) is 29.1 Å². The largest absolute Gasteiger partial charge is 0.471 e. The van der Waals surface area contributed by atoms with Crippen LogP contribution in [-0.4, -0.2) is 25.2 Å². The first-order valence-electron chi connectivity index (χ1n) is 5.38. The monoisotopic (exact) mass is 267 g/mol. The molecule has 6 heteroatoms. The van der Waals surface area contributed by atoms with Crippen LogP contribution in [0.1, 0.15) is 20.8 Å². The summed E-state index contributed by atoms with van der Waals surface area (Å²) in [6.07, 6.45) is -1.09. The second-order valence-corrected chi connectivity index (χ2v) is 3.97. The predicted octanol–water partition coefficient (Wildman–Crippen LogP) is 4.05. The minimum Gasteiger partial charge on any atom is -0.471 e. The number of alkyl halides is 4. The second-order valence-electron chi connectivity index (χ2n) is 3.97. The average molecular weight is 267 g/mol. The lowest BCUT2D eigenvalue weighted by atomic mass is 10.1. The van der Waals surface area contributed by atoms with E-state index < -0.39 is 19.0 Å². The fraction of sp³-hybridized carbons (Fsp3) is 0.583. The highest BCUT2D eigenvalue weighted by Gasteiger charge is 2.41. The molecule has 0 aromatic heterocycles. The molecule has 0 N–H and O–H groups in total. The summed E-state index contributed by atoms with van der Waals surface area (Å²) in [4.78, 5) is 3.76. The van der Waals surface area contributed by atoms with Crippen LogP contribution in [0.3, 0.4) is 0 Å². The maximum atomic E-state index is 12.6. The molecule has 18 heavy (non-hydrogen) atoms. The lowest BCUT2D eigenvalue weighted by Gasteiger charge is -2.15. The number of hydrogen-bond acceptors (Lipinski definition) is 2. The van der Waals surface area contributed by atoms with Crippen molar-refractivity contribution in [1.82, 2.24) is 0 Å². The van der Waals surface area contributed by atoms with Crippen LogP contribution in [0.4, 0.5) is 17.6 Å². The maximum absolute atomic E-state index is 12.6. The number of hydrogen-bond donors (Lipinski definition) is 0. The van der Waals surface area contributed by atoms with Gasteiger partial charge >= 0.3 is 12.3 Å². The first-order chi connectivity index (χ1) is 8.20. The number of allylic oxidation sites excluding steroid dienone is 2. The van der Waals surface area contributed by atoms with E-state index in [1.54, 1.807) is 0 Å². The molecule has 2 nitrogen and oxygen atoms in total. The molecule has 0 aromatic rings. The highest BCUT2D eigenvalue weighted by molar-refractivity contribution is 5.78. The number of rotatable bonds is 7. The lowest BCUT2D eigenvalue weighted by molar-refractivity contribution is -0.157. The molecule has 0 atom stereocenters. The molecule has 0 bridgehead atoms. The molecular formula is C12H17F4NO. The van der Waals surface area contributed by atoms with E-state index in [1.807, 2.05) is 13.8 Å². The summed E-state index contributed by atoms with van der Waals surface area (Å²) in [6.45, 7) is 7.56. The van der Waals surface area contributed by atoms with Crippen molar-refractivity contribution in [2.24, 2.45) is 10.9 Å². The van der Waals surface area contributed by atoms with Gasteiger partial charge in [0, 0.05) is 6.21 Å². The van der Waals surface area contributed by atoms with Crippen molar-refractivity contribution in [3.8, 4) is 0 Å². The highest BCUT2D eigenvalue weighted by Crippen LogP contribution is 2.24. The van der Waals surface area contributed by atoms with Crippen LogP contribution in [0.2, 0.25) is 0 Å². The Kier molecular flexibility index (Phi) is 6.65. The van der Waals surface area contributed by atoms with Crippen molar-refractivity contribution in [3.63, 3.8) is 0 Å². The third kappa shape index (κ3) is 5.84. The van der Waals surface area contributed by atoms with Gasteiger partial charge in [0.15, 0.2) is 6.61 Å². The van der Waals surface area contributed by atoms with E-state index in [0.717, 1.165) is 0 Å². The number of halogens is 4. The van der Waals surface area contributed by atoms with Gasteiger partial charge < -0.3 is 4.74 Å². The van der Waals surface area contributed by atoms with Gasteiger partial charge in [0.1, 0.15) is 0 Å². The fourth-order valence-electron chi connectivity index (χ4n) is 0.724. The Morgan fingerprint density at radius 2 is 1.94 bits per heavy atom. The third-order valence-corrected chi connectivity index (χ3v) is 2.08. The summed E-state index contributed by atoms with van der Waals surface area (Å²) >= 11 is 0. The summed E-state index contributed by atoms with van der Waals surface area (Å²) < 4.78 is 53.5. The lowest BCUT2D eigenvalue weighted by Crippen LogP contribution is -2.32. The summed E-state index contributed by atoms with van der Waals surface area (Å²) in [5.41, 5.74) is 0.679. The SMILES string of the molecule is C=C(/C=N\C(=C/C)OCC(F)(F)C(F)F)C(C)C. The van der Waals surface area contributed by atoms with E-state index in [4.69, 9.17) is 0 Å². The van der Waals surface area contributed by atoms with Gasteiger partial charge in [-0.1, -0.05) is 20.4 Å². The first-order valence-corrected chi connectivity index (χ1v) is 5.38. The summed E-state index contributed by atoms with van der Waals surface area (Å²) in [6, 6.07) is 0. The zero-order valence-electron chi connectivity index (χ0n) is 10.6. The van der Waals surface area contributed by atoms with Crippen LogP contribution in [0.25, 0.3) is 0 Å². The molecular weight excluding hydrogens is 250 g/mol. The average Bonchev–Trinajstić information content (AvgIpc) is 2.28. The van der Waals surface area contributed by atoms with Gasteiger partial charge in [0.25, 0.3) is 0 Å². The Morgan fingerprint density at radius 1 is 1.39 bits per heavy atom. The van der Waals surface area contributed by atoms with Crippen LogP contribution < -0.4 is 0 Å². The van der Waals surface area contributed by atoms with Gasteiger partial charge in [-0.3, -0.25) is 0 Å². The highest BCUT2D eigenvalue weighted by atomic mass is 19.3. The molecule has 0 unspecified atom stereocenters. The summed E-state index contributed by atoms with van der Waals surface area (Å²) in [5, 5.41) is 0. The Labute approximate surface area is 104 Å². The number of nitrogens with zero attached hydrogens (tertiary/aromatic N) is 1. The van der Waals surface area contributed by atoms with E-state index in [-0.39, 0.29) is 11.8 Å². The molecule has 0 aliphatic carbocycles. The van der Waals surface area contributed by atoms with Gasteiger partial charge in [-0.25, -0.2) is 13.8 Å². The second kappa shape index (κ2) is 7.18. The van der Waals surface area contributed by atoms with Gasteiger partial charge in [0.05, 0.1) is 0 Å². The van der Waals surface area contributed by atoms with Crippen LogP contribution in [-0.2, 0) is 4.74 Å². The molecule has 0 aliphatic rings. The van der Waals surface area contributed by atoms with Gasteiger partial charge in [-0.15, -0.1) is 0 Å². The molecule has 0 aliphatic heterocycles. The summed E-state index contributed by atoms with van der Waals surface area (Å²) in [5.74, 6) is -4.18. The van der Waals surface area contributed by atoms with Crippen molar-refractivity contribution >= 4 is 6.21 Å². The van der Waals surface area contributed by atoms with E-state index in [2.05, 4.69) is 16.3 Å². The zero-order valence-corrected chi connectivity index (χ0v) is 10.6. The number of ether oxygens (including phenoxy) is 1. The Morgan fingerprint density at radius 3 is 2.33 bits per heavy atom. The zero-order chi connectivity index (χ0) is 14.3. The molecule has 0 aromatic carbocycles. The smallest absolute Gasteiger partial charge is 0.340 e. The molecule has 0 saturated carbocycles. The van der Waals surface area contributed by atoms with E-state index in [1.165, 1.54) is 19.2 Å². The summed E-state index contributed by atoms with van der Waals surface area (Å²) in [7, 11) is 0. The Balaban J connectivity index is 4.44. The quantitative estimate of drug-likeness (QED) is 0.387. The Hall–Kier alpha value is -1.33. The van der Waals surface area contributed by atoms with Crippen molar-refractivity contribution in [3.05, 3.63) is 24.1 Å². The predicted molar refractivity (Wildman–Crippen MR) is 63.1 cm³/mol. The van der Waals surface area contributed by atoms with E-state index in [0.29, 0.717) is 5.57 Å². The minimum atomic E-state index is -4.18. The van der Waals surface area contributed by atoms with Crippen molar-refractivity contribution in [2.75, 3.05) is 6.61 Å². The van der Waals surface area contributed by atoms with Crippen LogP contribution in [0, 0.1) is 5.92 Å². The van der Waals surface area contributed by atoms with Crippen LogP contribution in [0.5, 0.6) is 0 Å². The van der Waals surface area contributed by atoms with Crippen LogP contribution >= 0.6 is 0 Å². The molecule has 0 saturated heterocycles. The molecule has 0 heterocycles. The first kappa shape index (κ1) is 16.7. The molecule has 0 spiro atoms. The van der Waals surface area contributed by atoms with Crippen molar-refractivity contribution in [1.29, 1.82) is 0 Å². The minimum absolute atomic E-state index is 0.142. The standard InChI is InChI=1S/C12H17F4NO/c1-5-10(17-6-9(4)8(2)3)18-7-12(15,16)11(13)14/h5-6,8,11H,4,7H2,1-3H3/b10-5+,17-6-. The molecule has 0 rings (SSSR count). The molecule has 0 fully saturated rings. The molecule has 104 valence electrons. The third-order valence-electron chi connectivity index (χ3n) is 2.08. The topological polar surface area (TPSA) is 21.6 Å². The Bertz CT molecular complexity index is 335. The van der Waals surface area contributed by atoms with Crippen molar-refractivity contribution < 1.29 is 22.3 Å².